The van der Waals surface area contributed by atoms with Crippen molar-refractivity contribution in [1.29, 1.82) is 5.26 Å². The van der Waals surface area contributed by atoms with Crippen molar-refractivity contribution in [3.05, 3.63) is 70.8 Å². The molecule has 2 fully saturated rings. The van der Waals surface area contributed by atoms with Gasteiger partial charge in [-0.1, -0.05) is 88.1 Å². The number of alkyl halides is 6. The molecule has 0 aliphatic heterocycles. The van der Waals surface area contributed by atoms with Crippen LogP contribution in [0.4, 0.5) is 26.3 Å². The number of hydrogen-bond acceptors (Lipinski definition) is 2. The zero-order valence-electron chi connectivity index (χ0n) is 25.8. The largest absolute Gasteiger partial charge is 0.398 e. The van der Waals surface area contributed by atoms with Crippen LogP contribution in [0.15, 0.2) is 48.5 Å². The number of likely N-dealkylation sites (N-methyl/N-ethyl adjacent to an activating group) is 1. The molecule has 2 nitrogen and oxygen atoms in total. The van der Waals surface area contributed by atoms with Gasteiger partial charge in [0.1, 0.15) is 0 Å². The average Bonchev–Trinajstić information content (AvgIpc) is 3.67. The summed E-state index contributed by atoms with van der Waals surface area (Å²) in [6, 6.07) is 16.4. The van der Waals surface area contributed by atoms with Gasteiger partial charge in [-0.3, -0.25) is 0 Å². The van der Waals surface area contributed by atoms with Crippen molar-refractivity contribution in [2.24, 2.45) is 0 Å². The Morgan fingerprint density at radius 3 is 1.63 bits per heavy atom. The molecule has 0 bridgehead atoms. The van der Waals surface area contributed by atoms with Crippen LogP contribution in [0.5, 0.6) is 0 Å². The van der Waals surface area contributed by atoms with Crippen molar-refractivity contribution in [2.75, 3.05) is 13.1 Å². The number of nitrogens with zero attached hydrogens (tertiary/aromatic N) is 2. The van der Waals surface area contributed by atoms with E-state index in [-0.39, 0.29) is 49.3 Å². The fraction of sp³-hybridized carbons (Fsp3) is 0.629. The molecule has 0 spiro atoms. The lowest BCUT2D eigenvalue weighted by Gasteiger charge is -2.39. The predicted octanol–water partition coefficient (Wildman–Crippen LogP) is 10.2. The van der Waals surface area contributed by atoms with Crippen molar-refractivity contribution in [2.45, 2.75) is 127 Å². The fourth-order valence-corrected chi connectivity index (χ4v) is 7.59. The smallest absolute Gasteiger partial charge is 0.300 e. The van der Waals surface area contributed by atoms with Crippen LogP contribution in [0.25, 0.3) is 0 Å². The number of halogens is 6. The standard InChI is InChI=1S/C33H43F6N.C2H3N/c1-3-26(40(4-2)24-19-25-13-6-5-7-14-25)17-18-27-28(30(32(34,35)36)20-8-9-21-30)15-12-16-29(27)31(33(37,38)39)22-10-11-23-31;1-2-3/h5-7,12-16,26H,3-4,8-11,17-24H2,1-2H3;1H3. The monoisotopic (exact) mass is 608 g/mol. The first kappa shape index (κ1) is 35.0. The quantitative estimate of drug-likeness (QED) is 0.237. The Morgan fingerprint density at radius 2 is 1.23 bits per heavy atom. The highest BCUT2D eigenvalue weighted by Gasteiger charge is 2.60. The molecule has 2 saturated carbocycles. The van der Waals surface area contributed by atoms with Gasteiger partial charge in [0.2, 0.25) is 0 Å². The highest BCUT2D eigenvalue weighted by molar-refractivity contribution is 5.47. The molecule has 0 radical (unpaired) electrons. The van der Waals surface area contributed by atoms with Crippen LogP contribution in [0.3, 0.4) is 0 Å². The van der Waals surface area contributed by atoms with Crippen LogP contribution in [0, 0.1) is 11.3 Å². The molecule has 0 aromatic heterocycles. The summed E-state index contributed by atoms with van der Waals surface area (Å²) in [7, 11) is 0. The molecule has 1 atom stereocenters. The van der Waals surface area contributed by atoms with Gasteiger partial charge in [-0.15, -0.1) is 0 Å². The molecule has 4 rings (SSSR count). The SMILES string of the molecule is CC#N.CCC(CCc1c(C2(C(F)(F)F)CCCC2)cccc1C1(C(F)(F)F)CCCC1)N(CC)CCc1ccccc1. The van der Waals surface area contributed by atoms with Gasteiger partial charge in [-0.05, 0) is 80.2 Å². The zero-order chi connectivity index (χ0) is 31.7. The first-order chi connectivity index (χ1) is 20.4. The third-order valence-electron chi connectivity index (χ3n) is 9.86. The van der Waals surface area contributed by atoms with Crippen LogP contribution in [0.2, 0.25) is 0 Å². The molecule has 238 valence electrons. The summed E-state index contributed by atoms with van der Waals surface area (Å²) < 4.78 is 88.8. The highest BCUT2D eigenvalue weighted by atomic mass is 19.4. The second-order valence-corrected chi connectivity index (χ2v) is 12.1. The molecule has 2 aromatic carbocycles. The van der Waals surface area contributed by atoms with Gasteiger partial charge in [-0.2, -0.15) is 31.6 Å². The van der Waals surface area contributed by atoms with Gasteiger partial charge >= 0.3 is 12.4 Å². The van der Waals surface area contributed by atoms with E-state index in [1.165, 1.54) is 30.7 Å². The lowest BCUT2D eigenvalue weighted by Crippen LogP contribution is -2.44. The molecular formula is C35H46F6N2. The van der Waals surface area contributed by atoms with E-state index in [0.717, 1.165) is 25.9 Å². The second-order valence-electron chi connectivity index (χ2n) is 12.1. The van der Waals surface area contributed by atoms with E-state index in [9.17, 15) is 26.3 Å². The Bertz CT molecular complexity index is 1120. The third-order valence-corrected chi connectivity index (χ3v) is 9.86. The van der Waals surface area contributed by atoms with E-state index in [1.807, 2.05) is 18.2 Å². The van der Waals surface area contributed by atoms with Crippen LogP contribution in [-0.4, -0.2) is 36.4 Å². The molecule has 0 saturated heterocycles. The van der Waals surface area contributed by atoms with Gasteiger partial charge < -0.3 is 4.90 Å². The zero-order valence-corrected chi connectivity index (χ0v) is 25.8. The van der Waals surface area contributed by atoms with Gasteiger partial charge in [0.15, 0.2) is 0 Å². The van der Waals surface area contributed by atoms with E-state index in [4.69, 9.17) is 5.26 Å². The maximum Gasteiger partial charge on any atom is 0.398 e. The van der Waals surface area contributed by atoms with Crippen molar-refractivity contribution in [1.82, 2.24) is 4.90 Å². The number of benzene rings is 2. The summed E-state index contributed by atoms with van der Waals surface area (Å²) in [6.45, 7) is 7.14. The van der Waals surface area contributed by atoms with Crippen molar-refractivity contribution in [3.8, 4) is 6.07 Å². The lowest BCUT2D eigenvalue weighted by molar-refractivity contribution is -0.191. The van der Waals surface area contributed by atoms with E-state index >= 15 is 0 Å². The Morgan fingerprint density at radius 1 is 0.767 bits per heavy atom. The molecule has 0 heterocycles. The molecule has 8 heteroatoms. The maximum atomic E-state index is 14.8. The first-order valence-electron chi connectivity index (χ1n) is 15.8. The van der Waals surface area contributed by atoms with Crippen LogP contribution in [0.1, 0.15) is 107 Å². The van der Waals surface area contributed by atoms with Crippen molar-refractivity contribution >= 4 is 0 Å². The van der Waals surface area contributed by atoms with E-state index in [2.05, 4.69) is 30.9 Å². The average molecular weight is 609 g/mol. The van der Waals surface area contributed by atoms with Crippen LogP contribution < -0.4 is 0 Å². The third kappa shape index (κ3) is 7.59. The summed E-state index contributed by atoms with van der Waals surface area (Å²) in [5.74, 6) is 0. The molecular weight excluding hydrogens is 562 g/mol. The molecule has 2 aliphatic carbocycles. The number of nitriles is 1. The second kappa shape index (κ2) is 15.0. The van der Waals surface area contributed by atoms with Crippen molar-refractivity contribution in [3.63, 3.8) is 0 Å². The predicted molar refractivity (Wildman–Crippen MR) is 160 cm³/mol. The summed E-state index contributed by atoms with van der Waals surface area (Å²) in [5, 5.41) is 7.32. The first-order valence-corrected chi connectivity index (χ1v) is 15.8. The van der Waals surface area contributed by atoms with Gasteiger partial charge in [-0.25, -0.2) is 0 Å². The fourth-order valence-electron chi connectivity index (χ4n) is 7.59. The van der Waals surface area contributed by atoms with Crippen molar-refractivity contribution < 1.29 is 26.3 Å². The van der Waals surface area contributed by atoms with E-state index in [1.54, 1.807) is 6.07 Å². The summed E-state index contributed by atoms with van der Waals surface area (Å²) >= 11 is 0. The molecule has 2 aliphatic rings. The summed E-state index contributed by atoms with van der Waals surface area (Å²) in [4.78, 5) is 2.33. The minimum absolute atomic E-state index is 0.0542. The number of rotatable bonds is 11. The Balaban J connectivity index is 0.00000162. The summed E-state index contributed by atoms with van der Waals surface area (Å²) in [5.41, 5.74) is -2.39. The molecule has 43 heavy (non-hydrogen) atoms. The highest BCUT2D eigenvalue weighted by Crippen LogP contribution is 2.57. The Labute approximate surface area is 253 Å². The Kier molecular flexibility index (Phi) is 12.2. The normalized spacial score (nSPS) is 18.6. The minimum atomic E-state index is -4.51. The van der Waals surface area contributed by atoms with Gasteiger partial charge in [0.25, 0.3) is 0 Å². The maximum absolute atomic E-state index is 14.8. The van der Waals surface area contributed by atoms with Crippen LogP contribution in [-0.2, 0) is 23.7 Å². The molecule has 0 N–H and O–H groups in total. The lowest BCUT2D eigenvalue weighted by atomic mass is 9.68. The molecule has 2 aromatic rings. The Hall–Kier alpha value is -2.53. The van der Waals surface area contributed by atoms with Gasteiger partial charge in [0, 0.05) is 19.5 Å². The summed E-state index contributed by atoms with van der Waals surface area (Å²) in [6.07, 6.45) is -5.08. The minimum Gasteiger partial charge on any atom is -0.300 e. The molecule has 0 amide bonds. The topological polar surface area (TPSA) is 27.0 Å². The number of hydrogen-bond donors (Lipinski definition) is 0. The van der Waals surface area contributed by atoms with E-state index < -0.39 is 23.2 Å². The van der Waals surface area contributed by atoms with E-state index in [0.29, 0.717) is 37.7 Å². The van der Waals surface area contributed by atoms with Gasteiger partial charge in [0.05, 0.1) is 16.9 Å². The van der Waals surface area contributed by atoms with Crippen LogP contribution >= 0.6 is 0 Å². The molecule has 1 unspecified atom stereocenters.